The lowest BCUT2D eigenvalue weighted by molar-refractivity contribution is 0.240. The van der Waals surface area contributed by atoms with Crippen LogP contribution in [0.1, 0.15) is 36.0 Å². The zero-order valence-corrected chi connectivity index (χ0v) is 12.8. The normalized spacial score (nSPS) is 19.0. The molecular formula is C18H20N4. The van der Waals surface area contributed by atoms with Crippen LogP contribution >= 0.6 is 0 Å². The van der Waals surface area contributed by atoms with Gasteiger partial charge in [0.05, 0.1) is 23.1 Å². The topological polar surface area (TPSA) is 33.4 Å². The fourth-order valence-electron chi connectivity index (χ4n) is 3.47. The Bertz CT molecular complexity index is 778. The van der Waals surface area contributed by atoms with Gasteiger partial charge in [-0.2, -0.15) is 0 Å². The van der Waals surface area contributed by atoms with Gasteiger partial charge < -0.3 is 4.40 Å². The summed E-state index contributed by atoms with van der Waals surface area (Å²) in [7, 11) is 0. The first-order valence-electron chi connectivity index (χ1n) is 7.90. The van der Waals surface area contributed by atoms with Gasteiger partial charge in [-0.3, -0.25) is 9.88 Å². The minimum absolute atomic E-state index is 0.426. The zero-order valence-electron chi connectivity index (χ0n) is 12.8. The van der Waals surface area contributed by atoms with Crippen molar-refractivity contribution in [3.05, 3.63) is 65.9 Å². The lowest BCUT2D eigenvalue weighted by Crippen LogP contribution is -2.24. The van der Waals surface area contributed by atoms with E-state index >= 15 is 0 Å². The van der Waals surface area contributed by atoms with Gasteiger partial charge in [0.15, 0.2) is 0 Å². The van der Waals surface area contributed by atoms with E-state index in [9.17, 15) is 0 Å². The maximum absolute atomic E-state index is 4.67. The molecular weight excluding hydrogens is 272 g/mol. The van der Waals surface area contributed by atoms with Gasteiger partial charge in [-0.05, 0) is 50.6 Å². The molecule has 0 aromatic carbocycles. The fraction of sp³-hybridized carbons (Fsp3) is 0.333. The van der Waals surface area contributed by atoms with Crippen molar-refractivity contribution in [2.24, 2.45) is 0 Å². The van der Waals surface area contributed by atoms with Crippen LogP contribution in [0.5, 0.6) is 0 Å². The molecule has 0 aliphatic carbocycles. The third kappa shape index (κ3) is 2.29. The number of nitrogens with zero attached hydrogens (tertiary/aromatic N) is 4. The Morgan fingerprint density at radius 1 is 1.18 bits per heavy atom. The number of hydrogen-bond acceptors (Lipinski definition) is 3. The molecule has 22 heavy (non-hydrogen) atoms. The molecule has 1 atom stereocenters. The Labute approximate surface area is 130 Å². The number of likely N-dealkylation sites (tertiary alicyclic amines) is 1. The van der Waals surface area contributed by atoms with Gasteiger partial charge in [-0.25, -0.2) is 4.98 Å². The molecule has 3 aromatic rings. The number of fused-ring (bicyclic) bond motifs is 1. The summed E-state index contributed by atoms with van der Waals surface area (Å²) in [5.74, 6) is 0. The molecule has 1 saturated heterocycles. The van der Waals surface area contributed by atoms with Crippen molar-refractivity contribution in [3.63, 3.8) is 0 Å². The van der Waals surface area contributed by atoms with Crippen LogP contribution in [0, 0.1) is 6.92 Å². The fourth-order valence-corrected chi connectivity index (χ4v) is 3.47. The van der Waals surface area contributed by atoms with Crippen LogP contribution in [-0.2, 0) is 6.54 Å². The highest BCUT2D eigenvalue weighted by atomic mass is 15.2. The summed E-state index contributed by atoms with van der Waals surface area (Å²) in [6.07, 6.45) is 6.42. The molecule has 1 fully saturated rings. The summed E-state index contributed by atoms with van der Waals surface area (Å²) in [6, 6.07) is 12.8. The van der Waals surface area contributed by atoms with Gasteiger partial charge >= 0.3 is 0 Å². The van der Waals surface area contributed by atoms with Gasteiger partial charge in [-0.1, -0.05) is 12.1 Å². The van der Waals surface area contributed by atoms with E-state index in [2.05, 4.69) is 56.7 Å². The van der Waals surface area contributed by atoms with Gasteiger partial charge in [0.2, 0.25) is 0 Å². The van der Waals surface area contributed by atoms with Crippen molar-refractivity contribution in [3.8, 4) is 0 Å². The quantitative estimate of drug-likeness (QED) is 0.742. The second kappa shape index (κ2) is 5.54. The van der Waals surface area contributed by atoms with Crippen LogP contribution in [0.15, 0.2) is 48.8 Å². The molecule has 0 bridgehead atoms. The van der Waals surface area contributed by atoms with Crippen LogP contribution in [0.3, 0.4) is 0 Å². The molecule has 4 nitrogen and oxygen atoms in total. The molecule has 4 heterocycles. The van der Waals surface area contributed by atoms with Crippen molar-refractivity contribution in [2.75, 3.05) is 6.54 Å². The monoisotopic (exact) mass is 292 g/mol. The summed E-state index contributed by atoms with van der Waals surface area (Å²) in [5.41, 5.74) is 4.63. The molecule has 4 heteroatoms. The van der Waals surface area contributed by atoms with Gasteiger partial charge in [-0.15, -0.1) is 0 Å². The summed E-state index contributed by atoms with van der Waals surface area (Å²) in [6.45, 7) is 4.16. The van der Waals surface area contributed by atoms with Crippen LogP contribution in [0.2, 0.25) is 0 Å². The highest BCUT2D eigenvalue weighted by Crippen LogP contribution is 2.32. The van der Waals surface area contributed by atoms with E-state index in [4.69, 9.17) is 0 Å². The molecule has 0 spiro atoms. The number of pyridine rings is 2. The molecule has 4 rings (SSSR count). The Balaban J connectivity index is 1.66. The van der Waals surface area contributed by atoms with Gasteiger partial charge in [0.1, 0.15) is 5.65 Å². The predicted molar refractivity (Wildman–Crippen MR) is 86.6 cm³/mol. The molecule has 0 radical (unpaired) electrons. The third-order valence-corrected chi connectivity index (χ3v) is 4.57. The van der Waals surface area contributed by atoms with Crippen LogP contribution in [-0.4, -0.2) is 25.8 Å². The number of rotatable bonds is 3. The minimum atomic E-state index is 0.426. The average Bonchev–Trinajstić information content (AvgIpc) is 3.14. The summed E-state index contributed by atoms with van der Waals surface area (Å²) in [5, 5.41) is 0. The minimum Gasteiger partial charge on any atom is -0.302 e. The summed E-state index contributed by atoms with van der Waals surface area (Å²) < 4.78 is 2.21. The van der Waals surface area contributed by atoms with E-state index < -0.39 is 0 Å². The van der Waals surface area contributed by atoms with Crippen molar-refractivity contribution >= 4 is 5.65 Å². The largest absolute Gasteiger partial charge is 0.302 e. The first kappa shape index (κ1) is 13.5. The van der Waals surface area contributed by atoms with E-state index in [-0.39, 0.29) is 0 Å². The lowest BCUT2D eigenvalue weighted by Gasteiger charge is -2.24. The number of aromatic nitrogens is 3. The second-order valence-electron chi connectivity index (χ2n) is 5.96. The highest BCUT2D eigenvalue weighted by Gasteiger charge is 2.28. The third-order valence-electron chi connectivity index (χ3n) is 4.57. The van der Waals surface area contributed by atoms with Gasteiger partial charge in [0.25, 0.3) is 0 Å². The van der Waals surface area contributed by atoms with Crippen molar-refractivity contribution in [1.82, 2.24) is 19.3 Å². The Kier molecular flexibility index (Phi) is 3.39. The number of imidazole rings is 1. The Morgan fingerprint density at radius 2 is 2.09 bits per heavy atom. The maximum atomic E-state index is 4.67. The summed E-state index contributed by atoms with van der Waals surface area (Å²) >= 11 is 0. The SMILES string of the molecule is Cc1nc2ccccn2c1CN1CCCC1c1ccccn1. The first-order valence-corrected chi connectivity index (χ1v) is 7.90. The molecule has 1 unspecified atom stereocenters. The highest BCUT2D eigenvalue weighted by molar-refractivity contribution is 5.42. The maximum Gasteiger partial charge on any atom is 0.137 e. The van der Waals surface area contributed by atoms with E-state index in [0.29, 0.717) is 6.04 Å². The van der Waals surface area contributed by atoms with Crippen LogP contribution in [0.4, 0.5) is 0 Å². The lowest BCUT2D eigenvalue weighted by atomic mass is 10.1. The molecule has 0 amide bonds. The molecule has 0 N–H and O–H groups in total. The van der Waals surface area contributed by atoms with Crippen molar-refractivity contribution in [1.29, 1.82) is 0 Å². The molecule has 3 aromatic heterocycles. The van der Waals surface area contributed by atoms with E-state index in [0.717, 1.165) is 24.4 Å². The molecule has 1 aliphatic rings. The van der Waals surface area contributed by atoms with E-state index in [1.807, 2.05) is 18.3 Å². The van der Waals surface area contributed by atoms with Crippen molar-refractivity contribution < 1.29 is 0 Å². The molecule has 112 valence electrons. The van der Waals surface area contributed by atoms with Crippen molar-refractivity contribution in [2.45, 2.75) is 32.4 Å². The Morgan fingerprint density at radius 3 is 2.95 bits per heavy atom. The van der Waals surface area contributed by atoms with E-state index in [1.54, 1.807) is 0 Å². The van der Waals surface area contributed by atoms with Gasteiger partial charge in [0, 0.05) is 18.9 Å². The van der Waals surface area contributed by atoms with Crippen LogP contribution < -0.4 is 0 Å². The predicted octanol–water partition coefficient (Wildman–Crippen LogP) is 3.37. The molecule has 1 aliphatic heterocycles. The standard InChI is InChI=1S/C18H20N4/c1-14-17(22-12-5-3-9-18(22)20-14)13-21-11-6-8-16(21)15-7-2-4-10-19-15/h2-5,7,9-10,12,16H,6,8,11,13H2,1H3. The number of aryl methyl sites for hydroxylation is 1. The van der Waals surface area contributed by atoms with E-state index in [1.165, 1.54) is 24.2 Å². The summed E-state index contributed by atoms with van der Waals surface area (Å²) in [4.78, 5) is 11.8. The van der Waals surface area contributed by atoms with Crippen LogP contribution in [0.25, 0.3) is 5.65 Å². The number of hydrogen-bond donors (Lipinski definition) is 0. The molecule has 0 saturated carbocycles. The smallest absolute Gasteiger partial charge is 0.137 e. The first-order chi connectivity index (χ1) is 10.8. The average molecular weight is 292 g/mol. The second-order valence-corrected chi connectivity index (χ2v) is 5.96. The Hall–Kier alpha value is -2.20. The zero-order chi connectivity index (χ0) is 14.9.